The van der Waals surface area contributed by atoms with Gasteiger partial charge in [0.25, 0.3) is 0 Å². The van der Waals surface area contributed by atoms with E-state index in [0.717, 1.165) is 0 Å². The Morgan fingerprint density at radius 3 is 2.89 bits per heavy atom. The van der Waals surface area contributed by atoms with Gasteiger partial charge in [0.15, 0.2) is 5.82 Å². The van der Waals surface area contributed by atoms with Gasteiger partial charge in [-0.05, 0) is 6.07 Å². The van der Waals surface area contributed by atoms with Crippen molar-refractivity contribution in [1.82, 2.24) is 14.8 Å². The Bertz CT molecular complexity index is 642. The lowest BCUT2D eigenvalue weighted by Crippen LogP contribution is -2.02. The molecule has 18 heavy (non-hydrogen) atoms. The van der Waals surface area contributed by atoms with E-state index in [-0.39, 0.29) is 17.1 Å². The zero-order chi connectivity index (χ0) is 13.1. The van der Waals surface area contributed by atoms with Crippen LogP contribution in [0.1, 0.15) is 5.56 Å². The van der Waals surface area contributed by atoms with Crippen LogP contribution in [0.5, 0.6) is 0 Å². The molecule has 0 fully saturated rings. The lowest BCUT2D eigenvalue weighted by Gasteiger charge is -2.03. The van der Waals surface area contributed by atoms with Crippen LogP contribution in [-0.4, -0.2) is 19.7 Å². The molecule has 8 nitrogen and oxygen atoms in total. The molecular formula is C10H8N6O2. The Labute approximate surface area is 102 Å². The Kier molecular flexibility index (Phi) is 2.89. The van der Waals surface area contributed by atoms with E-state index in [9.17, 15) is 10.1 Å². The van der Waals surface area contributed by atoms with Crippen molar-refractivity contribution in [2.45, 2.75) is 0 Å². The van der Waals surface area contributed by atoms with Crippen molar-refractivity contribution in [1.29, 1.82) is 5.26 Å². The Balaban J connectivity index is 2.45. The summed E-state index contributed by atoms with van der Waals surface area (Å²) < 4.78 is 1.54. The fraction of sp³-hybridized carbons (Fsp3) is 0.100. The fourth-order valence-corrected chi connectivity index (χ4v) is 1.42. The smallest absolute Gasteiger partial charge is 0.318 e. The van der Waals surface area contributed by atoms with Crippen LogP contribution in [0.15, 0.2) is 24.5 Å². The van der Waals surface area contributed by atoms with Gasteiger partial charge < -0.3 is 5.32 Å². The van der Waals surface area contributed by atoms with Gasteiger partial charge in [-0.1, -0.05) is 0 Å². The highest BCUT2D eigenvalue weighted by Gasteiger charge is 2.21. The van der Waals surface area contributed by atoms with Gasteiger partial charge in [0.2, 0.25) is 5.82 Å². The molecule has 8 heteroatoms. The lowest BCUT2D eigenvalue weighted by molar-refractivity contribution is -0.384. The van der Waals surface area contributed by atoms with Crippen LogP contribution < -0.4 is 5.32 Å². The second-order valence-corrected chi connectivity index (χ2v) is 3.42. The molecule has 0 aliphatic carbocycles. The van der Waals surface area contributed by atoms with Crippen LogP contribution in [0.25, 0.3) is 0 Å². The van der Waals surface area contributed by atoms with E-state index in [4.69, 9.17) is 5.26 Å². The molecule has 0 radical (unpaired) electrons. The van der Waals surface area contributed by atoms with Gasteiger partial charge in [-0.3, -0.25) is 14.8 Å². The predicted octanol–water partition coefficient (Wildman–Crippen LogP) is 1.34. The standard InChI is InChI=1S/C10H8N6O2/c1-15-5-3-8(14-15)13-10-9(16(17)18)7(6-11)2-4-12-10/h2-5H,1H3,(H,12,13,14). The molecule has 1 N–H and O–H groups in total. The Morgan fingerprint density at radius 2 is 2.33 bits per heavy atom. The quantitative estimate of drug-likeness (QED) is 0.644. The van der Waals surface area contributed by atoms with Crippen molar-refractivity contribution < 1.29 is 4.92 Å². The molecule has 0 amide bonds. The van der Waals surface area contributed by atoms with Crippen LogP contribution in [0.4, 0.5) is 17.3 Å². The topological polar surface area (TPSA) is 110 Å². The molecule has 2 rings (SSSR count). The molecule has 0 aliphatic rings. The van der Waals surface area contributed by atoms with Crippen LogP contribution >= 0.6 is 0 Å². The van der Waals surface area contributed by atoms with E-state index < -0.39 is 4.92 Å². The number of nitrogens with one attached hydrogen (secondary N) is 1. The van der Waals surface area contributed by atoms with E-state index in [1.54, 1.807) is 30.1 Å². The van der Waals surface area contributed by atoms with Crippen molar-refractivity contribution in [3.05, 3.63) is 40.2 Å². The fourth-order valence-electron chi connectivity index (χ4n) is 1.42. The van der Waals surface area contributed by atoms with Gasteiger partial charge in [-0.15, -0.1) is 0 Å². The molecule has 0 bridgehead atoms. The monoisotopic (exact) mass is 244 g/mol. The summed E-state index contributed by atoms with van der Waals surface area (Å²) in [6.45, 7) is 0. The molecular weight excluding hydrogens is 236 g/mol. The number of anilines is 2. The highest BCUT2D eigenvalue weighted by atomic mass is 16.6. The van der Waals surface area contributed by atoms with Gasteiger partial charge >= 0.3 is 5.69 Å². The van der Waals surface area contributed by atoms with Gasteiger partial charge in [-0.25, -0.2) is 4.98 Å². The number of rotatable bonds is 3. The SMILES string of the molecule is Cn1ccc(Nc2nccc(C#N)c2[N+](=O)[O-])n1. The van der Waals surface area contributed by atoms with Gasteiger partial charge in [0.1, 0.15) is 11.6 Å². The molecule has 0 saturated carbocycles. The number of pyridine rings is 1. The zero-order valence-electron chi connectivity index (χ0n) is 9.36. The number of aryl methyl sites for hydroxylation is 1. The molecule has 2 heterocycles. The predicted molar refractivity (Wildman–Crippen MR) is 62.1 cm³/mol. The first-order valence-corrected chi connectivity index (χ1v) is 4.92. The number of hydrogen-bond donors (Lipinski definition) is 1. The molecule has 0 spiro atoms. The van der Waals surface area contributed by atoms with E-state index in [1.165, 1.54) is 12.3 Å². The Morgan fingerprint density at radius 1 is 1.56 bits per heavy atom. The van der Waals surface area contributed by atoms with Crippen molar-refractivity contribution in [2.24, 2.45) is 7.05 Å². The second-order valence-electron chi connectivity index (χ2n) is 3.42. The van der Waals surface area contributed by atoms with E-state index in [2.05, 4.69) is 15.4 Å². The van der Waals surface area contributed by atoms with Crippen molar-refractivity contribution in [3.8, 4) is 6.07 Å². The molecule has 0 atom stereocenters. The molecule has 0 aliphatic heterocycles. The maximum atomic E-state index is 10.9. The number of nitrogens with zero attached hydrogens (tertiary/aromatic N) is 5. The van der Waals surface area contributed by atoms with Crippen LogP contribution in [-0.2, 0) is 7.05 Å². The molecule has 2 aromatic rings. The first kappa shape index (κ1) is 11.5. The summed E-state index contributed by atoms with van der Waals surface area (Å²) in [7, 11) is 1.72. The van der Waals surface area contributed by atoms with E-state index >= 15 is 0 Å². The number of nitriles is 1. The van der Waals surface area contributed by atoms with Crippen LogP contribution in [0, 0.1) is 21.4 Å². The molecule has 2 aromatic heterocycles. The summed E-state index contributed by atoms with van der Waals surface area (Å²) >= 11 is 0. The lowest BCUT2D eigenvalue weighted by atomic mass is 10.2. The summed E-state index contributed by atoms with van der Waals surface area (Å²) in [4.78, 5) is 14.2. The summed E-state index contributed by atoms with van der Waals surface area (Å²) in [5, 5.41) is 26.5. The van der Waals surface area contributed by atoms with E-state index in [1.807, 2.05) is 0 Å². The highest BCUT2D eigenvalue weighted by molar-refractivity contribution is 5.68. The normalized spacial score (nSPS) is 9.78. The summed E-state index contributed by atoms with van der Waals surface area (Å²) in [5.41, 5.74) is -0.404. The maximum absolute atomic E-state index is 10.9. The van der Waals surface area contributed by atoms with E-state index in [0.29, 0.717) is 5.82 Å². The number of aromatic nitrogens is 3. The third-order valence-electron chi connectivity index (χ3n) is 2.19. The average molecular weight is 244 g/mol. The largest absolute Gasteiger partial charge is 0.329 e. The summed E-state index contributed by atoms with van der Waals surface area (Å²) in [6.07, 6.45) is 3.01. The van der Waals surface area contributed by atoms with Crippen molar-refractivity contribution in [3.63, 3.8) is 0 Å². The maximum Gasteiger partial charge on any atom is 0.329 e. The summed E-state index contributed by atoms with van der Waals surface area (Å²) in [5.74, 6) is 0.418. The molecule has 0 aromatic carbocycles. The second kappa shape index (κ2) is 4.50. The number of hydrogen-bond acceptors (Lipinski definition) is 6. The van der Waals surface area contributed by atoms with Crippen molar-refractivity contribution >= 4 is 17.3 Å². The van der Waals surface area contributed by atoms with Crippen LogP contribution in [0.3, 0.4) is 0 Å². The average Bonchev–Trinajstić information content (AvgIpc) is 2.74. The van der Waals surface area contributed by atoms with Gasteiger partial charge in [-0.2, -0.15) is 10.4 Å². The zero-order valence-corrected chi connectivity index (χ0v) is 9.36. The third-order valence-corrected chi connectivity index (χ3v) is 2.19. The minimum absolute atomic E-state index is 0.00208. The van der Waals surface area contributed by atoms with Crippen LogP contribution in [0.2, 0.25) is 0 Å². The van der Waals surface area contributed by atoms with Crippen molar-refractivity contribution in [2.75, 3.05) is 5.32 Å². The molecule has 0 saturated heterocycles. The molecule has 0 unspecified atom stereocenters. The first-order chi connectivity index (χ1) is 8.61. The number of nitro groups is 1. The molecule has 90 valence electrons. The third kappa shape index (κ3) is 2.10. The Hall–Kier alpha value is -2.95. The highest BCUT2D eigenvalue weighted by Crippen LogP contribution is 2.27. The minimum atomic E-state index is -0.642. The first-order valence-electron chi connectivity index (χ1n) is 4.92. The van der Waals surface area contributed by atoms with Gasteiger partial charge in [0.05, 0.1) is 4.92 Å². The van der Waals surface area contributed by atoms with Gasteiger partial charge in [0, 0.05) is 25.5 Å². The minimum Gasteiger partial charge on any atom is -0.318 e. The summed E-state index contributed by atoms with van der Waals surface area (Å²) in [6, 6.07) is 4.70.